The highest BCUT2D eigenvalue weighted by Crippen LogP contribution is 2.31. The Morgan fingerprint density at radius 2 is 1.82 bits per heavy atom. The molecule has 0 spiro atoms. The van der Waals surface area contributed by atoms with Crippen molar-refractivity contribution in [1.29, 1.82) is 0 Å². The first-order valence-electron chi connectivity index (χ1n) is 7.49. The lowest BCUT2D eigenvalue weighted by Crippen LogP contribution is -2.28. The molecule has 0 saturated carbocycles. The largest absolute Gasteiger partial charge is 0.416 e. The summed E-state index contributed by atoms with van der Waals surface area (Å²) in [6, 6.07) is 0.620. The molecule has 0 saturated heterocycles. The van der Waals surface area contributed by atoms with E-state index in [0.29, 0.717) is 12.5 Å². The average molecular weight is 318 g/mol. The molecule has 0 radical (unpaired) electrons. The molecular formula is C16H25F3N2O. The Morgan fingerprint density at radius 3 is 2.27 bits per heavy atom. The van der Waals surface area contributed by atoms with Crippen LogP contribution in [0.15, 0.2) is 17.1 Å². The second-order valence-corrected chi connectivity index (χ2v) is 6.49. The predicted molar refractivity (Wildman–Crippen MR) is 82.1 cm³/mol. The third kappa shape index (κ3) is 5.16. The van der Waals surface area contributed by atoms with Crippen LogP contribution in [0.2, 0.25) is 0 Å². The summed E-state index contributed by atoms with van der Waals surface area (Å²) in [5.41, 5.74) is -1.22. The first-order chi connectivity index (χ1) is 10.0. The van der Waals surface area contributed by atoms with E-state index in [2.05, 4.69) is 0 Å². The molecule has 126 valence electrons. The molecule has 0 aliphatic rings. The van der Waals surface area contributed by atoms with Gasteiger partial charge < -0.3 is 9.47 Å². The van der Waals surface area contributed by atoms with Crippen LogP contribution in [0.5, 0.6) is 0 Å². The van der Waals surface area contributed by atoms with Gasteiger partial charge in [0.05, 0.1) is 5.56 Å². The fourth-order valence-corrected chi connectivity index (χ4v) is 2.54. The minimum Gasteiger partial charge on any atom is -0.312 e. The van der Waals surface area contributed by atoms with E-state index in [9.17, 15) is 18.0 Å². The van der Waals surface area contributed by atoms with Crippen LogP contribution in [0, 0.1) is 5.92 Å². The van der Waals surface area contributed by atoms with Crippen molar-refractivity contribution in [2.24, 2.45) is 5.92 Å². The third-order valence-electron chi connectivity index (χ3n) is 3.58. The van der Waals surface area contributed by atoms with Crippen molar-refractivity contribution in [1.82, 2.24) is 9.47 Å². The van der Waals surface area contributed by atoms with Gasteiger partial charge in [0.25, 0.3) is 5.56 Å². The fraction of sp³-hybridized carbons (Fsp3) is 0.688. The normalized spacial score (nSPS) is 13.9. The van der Waals surface area contributed by atoms with Gasteiger partial charge in [-0.05, 0) is 45.3 Å². The predicted octanol–water partition coefficient (Wildman–Crippen LogP) is 3.58. The molecule has 1 aromatic heterocycles. The molecule has 0 aromatic carbocycles. The first-order valence-corrected chi connectivity index (χ1v) is 7.49. The van der Waals surface area contributed by atoms with E-state index in [1.165, 1.54) is 10.8 Å². The SMILES string of the molecule is CC(C)CC(C)n1cc(CCN(C)C)c(C(F)(F)F)cc1=O. The van der Waals surface area contributed by atoms with Gasteiger partial charge >= 0.3 is 6.18 Å². The van der Waals surface area contributed by atoms with Gasteiger partial charge in [-0.25, -0.2) is 0 Å². The van der Waals surface area contributed by atoms with Gasteiger partial charge in [-0.2, -0.15) is 13.2 Å². The highest BCUT2D eigenvalue weighted by Gasteiger charge is 2.34. The Balaban J connectivity index is 3.27. The van der Waals surface area contributed by atoms with Gasteiger partial charge in [0.15, 0.2) is 0 Å². The Bertz CT molecular complexity index is 547. The van der Waals surface area contributed by atoms with Gasteiger partial charge in [-0.3, -0.25) is 4.79 Å². The van der Waals surface area contributed by atoms with Crippen LogP contribution in [-0.4, -0.2) is 30.1 Å². The lowest BCUT2D eigenvalue weighted by atomic mass is 10.0. The molecule has 3 nitrogen and oxygen atoms in total. The lowest BCUT2D eigenvalue weighted by Gasteiger charge is -2.21. The zero-order valence-electron chi connectivity index (χ0n) is 13.9. The minimum absolute atomic E-state index is 0.118. The maximum absolute atomic E-state index is 13.1. The fourth-order valence-electron chi connectivity index (χ4n) is 2.54. The Hall–Kier alpha value is -1.30. The van der Waals surface area contributed by atoms with E-state index in [4.69, 9.17) is 0 Å². The van der Waals surface area contributed by atoms with E-state index in [1.807, 2.05) is 39.8 Å². The van der Waals surface area contributed by atoms with Crippen molar-refractivity contribution >= 4 is 0 Å². The molecule has 0 amide bonds. The number of likely N-dealkylation sites (N-methyl/N-ethyl adjacent to an activating group) is 1. The Labute approximate surface area is 129 Å². The highest BCUT2D eigenvalue weighted by molar-refractivity contribution is 5.27. The van der Waals surface area contributed by atoms with Gasteiger partial charge in [0, 0.05) is 24.8 Å². The number of halogens is 3. The second-order valence-electron chi connectivity index (χ2n) is 6.49. The lowest BCUT2D eigenvalue weighted by molar-refractivity contribution is -0.138. The maximum Gasteiger partial charge on any atom is 0.416 e. The molecule has 0 bridgehead atoms. The molecule has 0 N–H and O–H groups in total. The quantitative estimate of drug-likeness (QED) is 0.801. The van der Waals surface area contributed by atoms with E-state index in [1.54, 1.807) is 0 Å². The molecule has 1 rings (SSSR count). The number of aromatic nitrogens is 1. The number of rotatable bonds is 6. The molecule has 1 unspecified atom stereocenters. The molecule has 0 aliphatic heterocycles. The van der Waals surface area contributed by atoms with Gasteiger partial charge in [-0.15, -0.1) is 0 Å². The molecule has 1 heterocycles. The number of pyridine rings is 1. The van der Waals surface area contributed by atoms with Crippen LogP contribution in [0.1, 0.15) is 44.4 Å². The van der Waals surface area contributed by atoms with Crippen molar-refractivity contribution in [2.75, 3.05) is 20.6 Å². The summed E-state index contributed by atoms with van der Waals surface area (Å²) in [6.07, 6.45) is -2.10. The average Bonchev–Trinajstić information content (AvgIpc) is 2.34. The van der Waals surface area contributed by atoms with Crippen molar-refractivity contribution in [3.05, 3.63) is 33.7 Å². The molecule has 1 atom stereocenters. The second kappa shape index (κ2) is 7.31. The smallest absolute Gasteiger partial charge is 0.312 e. The number of nitrogens with zero attached hydrogens (tertiary/aromatic N) is 2. The van der Waals surface area contributed by atoms with E-state index in [-0.39, 0.29) is 18.0 Å². The van der Waals surface area contributed by atoms with Crippen molar-refractivity contribution in [3.8, 4) is 0 Å². The number of hydrogen-bond donors (Lipinski definition) is 0. The van der Waals surface area contributed by atoms with Gasteiger partial charge in [0.1, 0.15) is 0 Å². The van der Waals surface area contributed by atoms with Crippen LogP contribution in [0.3, 0.4) is 0 Å². The summed E-state index contributed by atoms with van der Waals surface area (Å²) in [5.74, 6) is 0.370. The highest BCUT2D eigenvalue weighted by atomic mass is 19.4. The van der Waals surface area contributed by atoms with Crippen LogP contribution in [0.4, 0.5) is 13.2 Å². The van der Waals surface area contributed by atoms with Gasteiger partial charge in [-0.1, -0.05) is 13.8 Å². The standard InChI is InChI=1S/C16H25F3N2O/c1-11(2)8-12(3)21-10-13(6-7-20(4)5)14(9-15(21)22)16(17,18)19/h9-12H,6-8H2,1-5H3. The number of alkyl halides is 3. The molecule has 0 fully saturated rings. The number of hydrogen-bond acceptors (Lipinski definition) is 2. The van der Waals surface area contributed by atoms with Crippen LogP contribution >= 0.6 is 0 Å². The zero-order chi connectivity index (χ0) is 17.1. The summed E-state index contributed by atoms with van der Waals surface area (Å²) in [7, 11) is 3.62. The maximum atomic E-state index is 13.1. The molecule has 1 aromatic rings. The molecule has 22 heavy (non-hydrogen) atoms. The van der Waals surface area contributed by atoms with E-state index < -0.39 is 17.3 Å². The summed E-state index contributed by atoms with van der Waals surface area (Å²) in [4.78, 5) is 13.9. The van der Waals surface area contributed by atoms with Crippen LogP contribution < -0.4 is 5.56 Å². The molecule has 0 aliphatic carbocycles. The van der Waals surface area contributed by atoms with E-state index in [0.717, 1.165) is 12.5 Å². The first kappa shape index (κ1) is 18.7. The minimum atomic E-state index is -4.50. The Morgan fingerprint density at radius 1 is 1.23 bits per heavy atom. The summed E-state index contributed by atoms with van der Waals surface area (Å²) < 4.78 is 40.8. The monoisotopic (exact) mass is 318 g/mol. The third-order valence-corrected chi connectivity index (χ3v) is 3.58. The molecular weight excluding hydrogens is 293 g/mol. The molecule has 6 heteroatoms. The van der Waals surface area contributed by atoms with Gasteiger partial charge in [0.2, 0.25) is 0 Å². The zero-order valence-corrected chi connectivity index (χ0v) is 13.9. The summed E-state index contributed by atoms with van der Waals surface area (Å²) in [5, 5.41) is 0. The van der Waals surface area contributed by atoms with Crippen molar-refractivity contribution < 1.29 is 13.2 Å². The summed E-state index contributed by atoms with van der Waals surface area (Å²) >= 11 is 0. The van der Waals surface area contributed by atoms with Crippen LogP contribution in [0.25, 0.3) is 0 Å². The van der Waals surface area contributed by atoms with E-state index >= 15 is 0 Å². The van der Waals surface area contributed by atoms with Crippen molar-refractivity contribution in [2.45, 2.75) is 45.8 Å². The van der Waals surface area contributed by atoms with Crippen LogP contribution in [-0.2, 0) is 12.6 Å². The van der Waals surface area contributed by atoms with Crippen molar-refractivity contribution in [3.63, 3.8) is 0 Å². The summed E-state index contributed by atoms with van der Waals surface area (Å²) in [6.45, 7) is 6.42. The Kier molecular flexibility index (Phi) is 6.23. The topological polar surface area (TPSA) is 25.2 Å².